The summed E-state index contributed by atoms with van der Waals surface area (Å²) < 4.78 is 40.3. The van der Waals surface area contributed by atoms with Crippen LogP contribution in [-0.4, -0.2) is 25.2 Å². The molecule has 21 heavy (non-hydrogen) atoms. The van der Waals surface area contributed by atoms with Gasteiger partial charge in [0, 0.05) is 5.56 Å². The van der Waals surface area contributed by atoms with Gasteiger partial charge in [-0.1, -0.05) is 23.2 Å². The van der Waals surface area contributed by atoms with E-state index >= 15 is 0 Å². The molecule has 9 heteroatoms. The molecule has 0 amide bonds. The first kappa shape index (κ1) is 15.4. The van der Waals surface area contributed by atoms with Crippen molar-refractivity contribution in [1.29, 1.82) is 0 Å². The minimum Gasteiger partial charge on any atom is -0.320 e. The van der Waals surface area contributed by atoms with E-state index in [2.05, 4.69) is 26.8 Å². The highest BCUT2D eigenvalue weighted by atomic mass is 32.2. The van der Waals surface area contributed by atoms with E-state index in [0.717, 1.165) is 23.5 Å². The quantitative estimate of drug-likeness (QED) is 0.823. The summed E-state index contributed by atoms with van der Waals surface area (Å²) in [6, 6.07) is 3.60. The fourth-order valence-corrected chi connectivity index (χ4v) is 3.34. The number of benzene rings is 1. The molecule has 0 aliphatic heterocycles. The van der Waals surface area contributed by atoms with Gasteiger partial charge in [0.2, 0.25) is 5.13 Å². The minimum absolute atomic E-state index is 0.0823. The number of aromatic nitrogens is 2. The first-order valence-corrected chi connectivity index (χ1v) is 8.04. The van der Waals surface area contributed by atoms with E-state index in [1.165, 1.54) is 6.07 Å². The van der Waals surface area contributed by atoms with E-state index in [9.17, 15) is 12.8 Å². The van der Waals surface area contributed by atoms with Crippen LogP contribution in [0.15, 0.2) is 23.1 Å². The Balaban J connectivity index is 2.32. The van der Waals surface area contributed by atoms with Crippen molar-refractivity contribution in [2.45, 2.75) is 11.8 Å². The summed E-state index contributed by atoms with van der Waals surface area (Å²) in [4.78, 5) is -0.478. The van der Waals surface area contributed by atoms with Gasteiger partial charge in [-0.15, -0.1) is 10.2 Å². The van der Waals surface area contributed by atoms with Gasteiger partial charge in [0.1, 0.15) is 15.7 Å². The largest absolute Gasteiger partial charge is 0.320 e. The van der Waals surface area contributed by atoms with Crippen LogP contribution < -0.4 is 10.5 Å². The van der Waals surface area contributed by atoms with Crippen molar-refractivity contribution in [3.63, 3.8) is 0 Å². The number of nitrogens with zero attached hydrogens (tertiary/aromatic N) is 2. The van der Waals surface area contributed by atoms with Crippen LogP contribution >= 0.6 is 11.3 Å². The summed E-state index contributed by atoms with van der Waals surface area (Å²) in [5.41, 5.74) is 5.57. The van der Waals surface area contributed by atoms with Gasteiger partial charge in [-0.25, -0.2) is 12.8 Å². The molecule has 0 saturated heterocycles. The average Bonchev–Trinajstić information content (AvgIpc) is 2.80. The topological polar surface area (TPSA) is 98.0 Å². The molecule has 3 N–H and O–H groups in total. The summed E-state index contributed by atoms with van der Waals surface area (Å²) >= 11 is 1.06. The fourth-order valence-electron chi connectivity index (χ4n) is 1.46. The van der Waals surface area contributed by atoms with Crippen molar-refractivity contribution >= 4 is 26.5 Å². The smallest absolute Gasteiger partial charge is 0.266 e. The van der Waals surface area contributed by atoms with E-state index in [1.807, 2.05) is 0 Å². The summed E-state index contributed by atoms with van der Waals surface area (Å²) in [5.74, 6) is 4.29. The Morgan fingerprint density at radius 2 is 2.19 bits per heavy atom. The van der Waals surface area contributed by atoms with Crippen molar-refractivity contribution in [3.8, 4) is 11.8 Å². The zero-order chi connectivity index (χ0) is 15.5. The van der Waals surface area contributed by atoms with Crippen LogP contribution in [0.2, 0.25) is 0 Å². The third-order valence-electron chi connectivity index (χ3n) is 2.30. The molecule has 6 nitrogen and oxygen atoms in total. The van der Waals surface area contributed by atoms with Crippen LogP contribution in [-0.2, 0) is 10.0 Å². The van der Waals surface area contributed by atoms with Gasteiger partial charge in [-0.05, 0) is 25.1 Å². The lowest BCUT2D eigenvalue weighted by atomic mass is 10.2. The number of hydrogen-bond donors (Lipinski definition) is 2. The molecule has 0 unspecified atom stereocenters. The highest BCUT2D eigenvalue weighted by Gasteiger charge is 2.20. The van der Waals surface area contributed by atoms with Gasteiger partial charge < -0.3 is 5.73 Å². The first-order chi connectivity index (χ1) is 9.92. The van der Waals surface area contributed by atoms with E-state index in [1.54, 1.807) is 6.92 Å². The Bertz CT molecular complexity index is 821. The Hall–Kier alpha value is -2.02. The lowest BCUT2D eigenvalue weighted by Gasteiger charge is -2.06. The van der Waals surface area contributed by atoms with Crippen molar-refractivity contribution in [2.75, 3.05) is 11.3 Å². The van der Waals surface area contributed by atoms with Gasteiger partial charge in [-0.2, -0.15) is 0 Å². The lowest BCUT2D eigenvalue weighted by Crippen LogP contribution is -2.14. The molecule has 110 valence electrons. The SMILES string of the molecule is Cc1nnc(NS(=O)(=O)c2ccc(C#CCN)cc2F)s1. The number of rotatable bonds is 3. The number of anilines is 1. The molecular formula is C12H11FN4O2S2. The predicted octanol–water partition coefficient (Wildman–Crippen LogP) is 1.10. The molecule has 1 aromatic heterocycles. The Kier molecular flexibility index (Phi) is 4.52. The van der Waals surface area contributed by atoms with E-state index in [4.69, 9.17) is 5.73 Å². The van der Waals surface area contributed by atoms with Gasteiger partial charge in [0.25, 0.3) is 10.0 Å². The summed E-state index contributed by atoms with van der Waals surface area (Å²) in [6.07, 6.45) is 0. The molecule has 0 aliphatic rings. The van der Waals surface area contributed by atoms with Crippen molar-refractivity contribution in [1.82, 2.24) is 10.2 Å². The van der Waals surface area contributed by atoms with Crippen LogP contribution in [0.5, 0.6) is 0 Å². The van der Waals surface area contributed by atoms with Crippen molar-refractivity contribution in [3.05, 3.63) is 34.6 Å². The third-order valence-corrected chi connectivity index (χ3v) is 4.56. The molecule has 2 rings (SSSR count). The van der Waals surface area contributed by atoms with E-state index in [-0.39, 0.29) is 11.7 Å². The predicted molar refractivity (Wildman–Crippen MR) is 77.8 cm³/mol. The molecule has 1 aromatic carbocycles. The molecule has 1 heterocycles. The first-order valence-electron chi connectivity index (χ1n) is 5.74. The number of hydrogen-bond acceptors (Lipinski definition) is 6. The van der Waals surface area contributed by atoms with Crippen LogP contribution in [0.4, 0.5) is 9.52 Å². The summed E-state index contributed by atoms with van der Waals surface area (Å²) in [5, 5.41) is 8.00. The maximum Gasteiger partial charge on any atom is 0.266 e. The molecule has 0 spiro atoms. The van der Waals surface area contributed by atoms with Crippen LogP contribution in [0.25, 0.3) is 0 Å². The van der Waals surface area contributed by atoms with Crippen molar-refractivity contribution in [2.24, 2.45) is 5.73 Å². The molecule has 2 aromatic rings. The molecule has 0 atom stereocenters. The minimum atomic E-state index is -4.06. The van der Waals surface area contributed by atoms with Gasteiger partial charge in [-0.3, -0.25) is 4.72 Å². The maximum absolute atomic E-state index is 13.9. The second kappa shape index (κ2) is 6.17. The second-order valence-electron chi connectivity index (χ2n) is 3.88. The highest BCUT2D eigenvalue weighted by Crippen LogP contribution is 2.21. The molecule has 0 fully saturated rings. The van der Waals surface area contributed by atoms with Crippen molar-refractivity contribution < 1.29 is 12.8 Å². The Morgan fingerprint density at radius 1 is 1.43 bits per heavy atom. The molecule has 0 aliphatic carbocycles. The number of nitrogens with two attached hydrogens (primary N) is 1. The third kappa shape index (κ3) is 3.75. The van der Waals surface area contributed by atoms with Gasteiger partial charge >= 0.3 is 0 Å². The average molecular weight is 326 g/mol. The fraction of sp³-hybridized carbons (Fsp3) is 0.167. The second-order valence-corrected chi connectivity index (χ2v) is 6.72. The van der Waals surface area contributed by atoms with E-state index in [0.29, 0.717) is 10.6 Å². The number of aryl methyl sites for hydroxylation is 1. The molecule has 0 saturated carbocycles. The van der Waals surface area contributed by atoms with Crippen LogP contribution in [0, 0.1) is 24.6 Å². The molecule has 0 radical (unpaired) electrons. The normalized spacial score (nSPS) is 10.8. The lowest BCUT2D eigenvalue weighted by molar-refractivity contribution is 0.570. The Morgan fingerprint density at radius 3 is 2.76 bits per heavy atom. The summed E-state index contributed by atoms with van der Waals surface area (Å²) in [7, 11) is -4.06. The zero-order valence-corrected chi connectivity index (χ0v) is 12.6. The highest BCUT2D eigenvalue weighted by molar-refractivity contribution is 7.93. The number of sulfonamides is 1. The number of nitrogens with one attached hydrogen (secondary N) is 1. The van der Waals surface area contributed by atoms with Crippen LogP contribution in [0.3, 0.4) is 0 Å². The molecule has 0 bridgehead atoms. The van der Waals surface area contributed by atoms with E-state index < -0.39 is 20.7 Å². The summed E-state index contributed by atoms with van der Waals surface area (Å²) in [6.45, 7) is 1.82. The molecular weight excluding hydrogens is 315 g/mol. The standard InChI is InChI=1S/C12H11FN4O2S2/c1-8-15-16-12(20-8)17-21(18,19)11-5-4-9(3-2-6-14)7-10(11)13/h4-5,7H,6,14H2,1H3,(H,16,17). The van der Waals surface area contributed by atoms with Crippen LogP contribution in [0.1, 0.15) is 10.6 Å². The zero-order valence-electron chi connectivity index (χ0n) is 10.9. The van der Waals surface area contributed by atoms with Gasteiger partial charge in [0.15, 0.2) is 0 Å². The number of halogens is 1. The van der Waals surface area contributed by atoms with Gasteiger partial charge in [0.05, 0.1) is 6.54 Å². The monoisotopic (exact) mass is 326 g/mol. The maximum atomic E-state index is 13.9. The Labute approximate surface area is 125 Å².